The van der Waals surface area contributed by atoms with E-state index in [2.05, 4.69) is 41.2 Å². The largest absolute Gasteiger partial charge is 0.347 e. The number of piperidine rings is 1. The Kier molecular flexibility index (Phi) is 10.1. The van der Waals surface area contributed by atoms with E-state index in [0.29, 0.717) is 6.42 Å². The van der Waals surface area contributed by atoms with Gasteiger partial charge in [-0.05, 0) is 60.9 Å². The molecule has 7 heteroatoms. The number of amides is 3. The summed E-state index contributed by atoms with van der Waals surface area (Å²) in [6.07, 6.45) is 10.3. The third kappa shape index (κ3) is 7.15. The molecule has 0 spiro atoms. The smallest absolute Gasteiger partial charge is 0.246 e. The van der Waals surface area contributed by atoms with Crippen LogP contribution in [0.2, 0.25) is 0 Å². The van der Waals surface area contributed by atoms with Crippen LogP contribution >= 0.6 is 0 Å². The summed E-state index contributed by atoms with van der Waals surface area (Å²) in [6.45, 7) is 15.4. The number of likely N-dealkylation sites (tertiary alicyclic amines) is 1. The van der Waals surface area contributed by atoms with Crippen molar-refractivity contribution in [3.63, 3.8) is 0 Å². The molecule has 3 amide bonds. The highest BCUT2D eigenvalue weighted by atomic mass is 16.2. The number of hydrogen-bond donors (Lipinski definition) is 3. The molecule has 1 aromatic carbocycles. The van der Waals surface area contributed by atoms with Crippen molar-refractivity contribution in [2.75, 3.05) is 13.6 Å². The summed E-state index contributed by atoms with van der Waals surface area (Å²) in [4.78, 5) is 42.7. The van der Waals surface area contributed by atoms with Gasteiger partial charge in [-0.3, -0.25) is 14.4 Å². The average Bonchev–Trinajstić information content (AvgIpc) is 2.91. The summed E-state index contributed by atoms with van der Waals surface area (Å²) in [5.74, 6) is -0.743. The number of fused-ring (bicyclic) bond motifs is 1. The molecule has 3 rings (SSSR count). The topological polar surface area (TPSA) is 90.5 Å². The summed E-state index contributed by atoms with van der Waals surface area (Å²) in [7, 11) is 1.70. The number of hydrogen-bond acceptors (Lipinski definition) is 4. The van der Waals surface area contributed by atoms with Gasteiger partial charge in [0.1, 0.15) is 12.1 Å². The third-order valence-electron chi connectivity index (χ3n) is 7.68. The van der Waals surface area contributed by atoms with Crippen molar-refractivity contribution >= 4 is 17.7 Å². The Bertz CT molecular complexity index is 1160. The predicted octanol–water partition coefficient (Wildman–Crippen LogP) is 4.14. The van der Waals surface area contributed by atoms with E-state index >= 15 is 0 Å². The fourth-order valence-corrected chi connectivity index (χ4v) is 5.31. The number of nitrogens with one attached hydrogen (secondary N) is 3. The Morgan fingerprint density at radius 3 is 2.38 bits per heavy atom. The molecule has 1 aromatic rings. The van der Waals surface area contributed by atoms with Gasteiger partial charge in [0.25, 0.3) is 0 Å². The maximum absolute atomic E-state index is 14.2. The monoisotopic (exact) mass is 532 g/mol. The molecule has 0 radical (unpaired) electrons. The molecular weight excluding hydrogens is 488 g/mol. The lowest BCUT2D eigenvalue weighted by atomic mass is 9.83. The molecule has 1 aliphatic carbocycles. The second-order valence-corrected chi connectivity index (χ2v) is 11.5. The zero-order chi connectivity index (χ0) is 28.7. The number of carbonyl (C=O) groups is 3. The number of benzene rings is 1. The lowest BCUT2D eigenvalue weighted by Crippen LogP contribution is -2.62. The van der Waals surface area contributed by atoms with Crippen LogP contribution < -0.4 is 16.0 Å². The average molecular weight is 533 g/mol. The van der Waals surface area contributed by atoms with Crippen molar-refractivity contribution < 1.29 is 14.4 Å². The fraction of sp³-hybridized carbons (Fsp3) is 0.469. The second-order valence-electron chi connectivity index (χ2n) is 11.5. The van der Waals surface area contributed by atoms with Gasteiger partial charge in [0.05, 0.1) is 12.1 Å². The number of likely N-dealkylation sites (N-methyl/N-ethyl adjacent to an activating group) is 1. The quantitative estimate of drug-likeness (QED) is 0.469. The van der Waals surface area contributed by atoms with E-state index in [4.69, 9.17) is 0 Å². The first-order valence-corrected chi connectivity index (χ1v) is 13.8. The lowest BCUT2D eigenvalue weighted by molar-refractivity contribution is -0.146. The van der Waals surface area contributed by atoms with Crippen molar-refractivity contribution in [2.24, 2.45) is 5.41 Å². The van der Waals surface area contributed by atoms with Gasteiger partial charge in [0.15, 0.2) is 0 Å². The van der Waals surface area contributed by atoms with Crippen LogP contribution in [0, 0.1) is 5.41 Å². The molecule has 1 saturated heterocycles. The van der Waals surface area contributed by atoms with E-state index in [0.717, 1.165) is 36.0 Å². The van der Waals surface area contributed by atoms with Crippen molar-refractivity contribution in [3.8, 4) is 0 Å². The highest BCUT2D eigenvalue weighted by Crippen LogP contribution is 2.33. The van der Waals surface area contributed by atoms with E-state index in [-0.39, 0.29) is 30.3 Å². The molecule has 0 unspecified atom stereocenters. The Morgan fingerprint density at radius 2 is 1.74 bits per heavy atom. The van der Waals surface area contributed by atoms with Gasteiger partial charge in [-0.25, -0.2) is 0 Å². The summed E-state index contributed by atoms with van der Waals surface area (Å²) >= 11 is 0. The van der Waals surface area contributed by atoms with Crippen molar-refractivity contribution in [3.05, 3.63) is 84.0 Å². The molecule has 1 fully saturated rings. The first kappa shape index (κ1) is 30.1. The van der Waals surface area contributed by atoms with E-state index in [1.54, 1.807) is 31.0 Å². The predicted molar refractivity (Wildman–Crippen MR) is 157 cm³/mol. The number of carbonyl (C=O) groups excluding carboxylic acids is 3. The number of rotatable bonds is 8. The van der Waals surface area contributed by atoms with E-state index in [1.165, 1.54) is 5.56 Å². The zero-order valence-electron chi connectivity index (χ0n) is 24.0. The van der Waals surface area contributed by atoms with Crippen molar-refractivity contribution in [2.45, 2.75) is 77.5 Å². The van der Waals surface area contributed by atoms with Crippen LogP contribution in [-0.2, 0) is 20.8 Å². The first-order chi connectivity index (χ1) is 18.5. The fourth-order valence-electron chi connectivity index (χ4n) is 5.31. The van der Waals surface area contributed by atoms with Gasteiger partial charge >= 0.3 is 0 Å². The minimum Gasteiger partial charge on any atom is -0.347 e. The Morgan fingerprint density at radius 1 is 1.08 bits per heavy atom. The van der Waals surface area contributed by atoms with Gasteiger partial charge < -0.3 is 20.9 Å². The van der Waals surface area contributed by atoms with Gasteiger partial charge in [-0.2, -0.15) is 0 Å². The number of aryl methyl sites for hydroxylation is 1. The molecule has 4 atom stereocenters. The van der Waals surface area contributed by atoms with Crippen molar-refractivity contribution in [1.82, 2.24) is 20.9 Å². The van der Waals surface area contributed by atoms with Gasteiger partial charge in [-0.1, -0.05) is 82.5 Å². The Labute approximate surface area is 233 Å². The Balaban J connectivity index is 1.98. The van der Waals surface area contributed by atoms with Crippen LogP contribution in [0.4, 0.5) is 0 Å². The molecular formula is C32H44N4O3. The molecule has 0 aromatic heterocycles. The molecule has 210 valence electrons. The van der Waals surface area contributed by atoms with Crippen LogP contribution in [0.25, 0.3) is 0 Å². The van der Waals surface area contributed by atoms with Gasteiger partial charge in [-0.15, -0.1) is 0 Å². The number of nitrogens with zero attached hydrogens (tertiary/aromatic N) is 1. The van der Waals surface area contributed by atoms with E-state index in [1.807, 2.05) is 45.1 Å². The highest BCUT2D eigenvalue weighted by Gasteiger charge is 2.43. The normalized spacial score (nSPS) is 22.9. The van der Waals surface area contributed by atoms with Crippen LogP contribution in [0.1, 0.15) is 64.1 Å². The van der Waals surface area contributed by atoms with Crippen LogP contribution in [0.15, 0.2) is 72.9 Å². The molecule has 39 heavy (non-hydrogen) atoms. The van der Waals surface area contributed by atoms with Gasteiger partial charge in [0.2, 0.25) is 17.7 Å². The summed E-state index contributed by atoms with van der Waals surface area (Å²) in [6, 6.07) is 6.10. The van der Waals surface area contributed by atoms with E-state index in [9.17, 15) is 14.4 Å². The van der Waals surface area contributed by atoms with Crippen molar-refractivity contribution in [1.29, 1.82) is 0 Å². The third-order valence-corrected chi connectivity index (χ3v) is 7.68. The Hall–Kier alpha value is -3.45. The number of allylic oxidation sites excluding steroid dienone is 4. The second kappa shape index (κ2) is 13.1. The molecule has 0 saturated carbocycles. The maximum Gasteiger partial charge on any atom is 0.246 e. The lowest BCUT2D eigenvalue weighted by Gasteiger charge is -2.42. The van der Waals surface area contributed by atoms with Gasteiger partial charge in [0, 0.05) is 13.0 Å². The first-order valence-electron chi connectivity index (χ1n) is 13.8. The van der Waals surface area contributed by atoms with Crippen LogP contribution in [0.5, 0.6) is 0 Å². The molecule has 1 aliphatic heterocycles. The molecule has 7 nitrogen and oxygen atoms in total. The minimum absolute atomic E-state index is 0.106. The van der Waals surface area contributed by atoms with Crippen LogP contribution in [-0.4, -0.2) is 54.3 Å². The molecule has 1 heterocycles. The molecule has 3 N–H and O–H groups in total. The molecule has 2 aliphatic rings. The summed E-state index contributed by atoms with van der Waals surface area (Å²) in [5.41, 5.74) is 3.65. The molecule has 0 bridgehead atoms. The maximum atomic E-state index is 14.2. The van der Waals surface area contributed by atoms with Crippen LogP contribution in [0.3, 0.4) is 0 Å². The standard InChI is InChI=1S/C32H44N4O3/c1-8-13-23-19-27(30(38)34-26-18-12-16-22-15-10-11-17-25(22)26)36(20-24(23)14-9-2)31(39)28(32(4,5)6)35-29(37)21(3)33-7/h8-11,13-15,17,21,26-28,33H,1-2,12,16,18-20H2,3-7H3,(H,34,38)(H,35,37)/b23-13-,24-14-/t21-,26+,27-,28+/m0/s1. The summed E-state index contributed by atoms with van der Waals surface area (Å²) in [5, 5.41) is 9.14. The van der Waals surface area contributed by atoms with E-state index < -0.39 is 23.5 Å². The SMILES string of the molecule is C=C/C=C1/C[C@@H](C(=O)N[C@@H]2CCCc3ccccc32)N(C(=O)[C@@H](NC(=O)[C@H](C)NC)C(C)(C)C)C/C1=C/C=C. The highest BCUT2D eigenvalue weighted by molar-refractivity contribution is 5.94. The minimum atomic E-state index is -0.818. The zero-order valence-corrected chi connectivity index (χ0v) is 24.0. The summed E-state index contributed by atoms with van der Waals surface area (Å²) < 4.78 is 0.